The van der Waals surface area contributed by atoms with E-state index in [1.54, 1.807) is 6.07 Å². The smallest absolute Gasteiger partial charge is 0.293 e. The Kier molecular flexibility index (Phi) is 5.66. The van der Waals surface area contributed by atoms with E-state index in [4.69, 9.17) is 0 Å². The first kappa shape index (κ1) is 19.6. The third kappa shape index (κ3) is 4.95. The quantitative estimate of drug-likeness (QED) is 0.737. The molecule has 0 bridgehead atoms. The van der Waals surface area contributed by atoms with Gasteiger partial charge in [-0.2, -0.15) is 0 Å². The maximum Gasteiger partial charge on any atom is 0.293 e. The fraction of sp³-hybridized carbons (Fsp3) is 0.353. The van der Waals surface area contributed by atoms with E-state index in [0.717, 1.165) is 16.7 Å². The van der Waals surface area contributed by atoms with Gasteiger partial charge in [0.2, 0.25) is 5.91 Å². The topological polar surface area (TPSA) is 101 Å². The Morgan fingerprint density at radius 1 is 1.37 bits per heavy atom. The zero-order valence-electron chi connectivity index (χ0n) is 14.2. The molecule has 27 heavy (non-hydrogen) atoms. The van der Waals surface area contributed by atoms with E-state index in [1.165, 1.54) is 24.3 Å². The van der Waals surface area contributed by atoms with Crippen LogP contribution >= 0.6 is 11.8 Å². The van der Waals surface area contributed by atoms with E-state index in [2.05, 4.69) is 5.32 Å². The van der Waals surface area contributed by atoms with Crippen molar-refractivity contribution < 1.29 is 27.2 Å². The van der Waals surface area contributed by atoms with Gasteiger partial charge in [-0.15, -0.1) is 0 Å². The molecule has 0 unspecified atom stereocenters. The van der Waals surface area contributed by atoms with Crippen molar-refractivity contribution in [3.63, 3.8) is 0 Å². The highest BCUT2D eigenvalue weighted by Crippen LogP contribution is 2.32. The number of rotatable bonds is 5. The molecule has 0 aliphatic carbocycles. The van der Waals surface area contributed by atoms with Crippen LogP contribution in [0.15, 0.2) is 29.2 Å². The van der Waals surface area contributed by atoms with Crippen LogP contribution in [0.25, 0.3) is 6.08 Å². The van der Waals surface area contributed by atoms with Gasteiger partial charge in [-0.25, -0.2) is 12.8 Å². The number of halogens is 1. The standard InChI is InChI=1S/C17H17FN2O5S2/c18-12-3-1-2-11(8-12)9-14-16(22)20(17(23)26-14)6-4-15(21)19-13-5-7-27(24,25)10-13/h1-3,8-9,13H,4-7,10H2,(H,19,21)/b14-9-/t13-/m0/s1. The number of thioether (sulfide) groups is 1. The zero-order valence-corrected chi connectivity index (χ0v) is 15.8. The number of amides is 3. The van der Waals surface area contributed by atoms with Gasteiger partial charge < -0.3 is 5.32 Å². The molecule has 2 aliphatic rings. The lowest BCUT2D eigenvalue weighted by Gasteiger charge is -2.14. The van der Waals surface area contributed by atoms with Crippen molar-refractivity contribution >= 4 is 44.7 Å². The second-order valence-electron chi connectivity index (χ2n) is 6.31. The largest absolute Gasteiger partial charge is 0.352 e. The van der Waals surface area contributed by atoms with Crippen LogP contribution in [0.3, 0.4) is 0 Å². The summed E-state index contributed by atoms with van der Waals surface area (Å²) in [7, 11) is -3.10. The highest BCUT2D eigenvalue weighted by atomic mass is 32.2. The van der Waals surface area contributed by atoms with Crippen LogP contribution in [-0.2, 0) is 19.4 Å². The number of imide groups is 1. The Morgan fingerprint density at radius 2 is 2.15 bits per heavy atom. The van der Waals surface area contributed by atoms with Gasteiger partial charge in [0.15, 0.2) is 9.84 Å². The molecule has 3 amide bonds. The highest BCUT2D eigenvalue weighted by Gasteiger charge is 2.35. The van der Waals surface area contributed by atoms with Crippen molar-refractivity contribution in [2.24, 2.45) is 0 Å². The molecule has 1 aromatic carbocycles. The predicted molar refractivity (Wildman–Crippen MR) is 98.9 cm³/mol. The van der Waals surface area contributed by atoms with Gasteiger partial charge in [-0.3, -0.25) is 19.3 Å². The van der Waals surface area contributed by atoms with E-state index >= 15 is 0 Å². The summed E-state index contributed by atoms with van der Waals surface area (Å²) in [6.45, 7) is -0.101. The van der Waals surface area contributed by atoms with E-state index in [-0.39, 0.29) is 29.4 Å². The molecule has 1 atom stereocenters. The molecule has 0 saturated carbocycles. The maximum atomic E-state index is 13.2. The summed E-state index contributed by atoms with van der Waals surface area (Å²) >= 11 is 0.732. The summed E-state index contributed by atoms with van der Waals surface area (Å²) in [5.74, 6) is -1.44. The number of sulfone groups is 1. The van der Waals surface area contributed by atoms with E-state index < -0.39 is 38.7 Å². The lowest BCUT2D eigenvalue weighted by atomic mass is 10.2. The first-order chi connectivity index (χ1) is 12.7. The number of benzene rings is 1. The third-order valence-corrected chi connectivity index (χ3v) is 6.86. The molecule has 7 nitrogen and oxygen atoms in total. The molecule has 10 heteroatoms. The molecular weight excluding hydrogens is 395 g/mol. The predicted octanol–water partition coefficient (Wildman–Crippen LogP) is 1.56. The monoisotopic (exact) mass is 412 g/mol. The average molecular weight is 412 g/mol. The van der Waals surface area contributed by atoms with Gasteiger partial charge in [0.05, 0.1) is 16.4 Å². The Hall–Kier alpha value is -2.20. The number of nitrogens with one attached hydrogen (secondary N) is 1. The Bertz CT molecular complexity index is 929. The molecule has 0 aromatic heterocycles. The summed E-state index contributed by atoms with van der Waals surface area (Å²) in [5.41, 5.74) is 0.459. The van der Waals surface area contributed by atoms with Crippen molar-refractivity contribution in [3.8, 4) is 0 Å². The van der Waals surface area contributed by atoms with E-state index in [9.17, 15) is 27.2 Å². The van der Waals surface area contributed by atoms with Crippen LogP contribution in [0.2, 0.25) is 0 Å². The summed E-state index contributed by atoms with van der Waals surface area (Å²) in [5, 5.41) is 2.11. The molecule has 1 aromatic rings. The van der Waals surface area contributed by atoms with Crippen LogP contribution in [0, 0.1) is 5.82 Å². The fourth-order valence-electron chi connectivity index (χ4n) is 2.86. The van der Waals surface area contributed by atoms with Crippen molar-refractivity contribution in [2.45, 2.75) is 18.9 Å². The second kappa shape index (κ2) is 7.81. The number of carbonyl (C=O) groups is 3. The van der Waals surface area contributed by atoms with Crippen LogP contribution in [0.1, 0.15) is 18.4 Å². The molecular formula is C17H17FN2O5S2. The molecule has 144 valence electrons. The SMILES string of the molecule is O=C(CCN1C(=O)S/C(=C\c2cccc(F)c2)C1=O)N[C@H]1CCS(=O)(=O)C1. The van der Waals surface area contributed by atoms with Crippen molar-refractivity contribution in [1.29, 1.82) is 0 Å². The molecule has 1 N–H and O–H groups in total. The normalized spacial score (nSPS) is 23.2. The third-order valence-electron chi connectivity index (χ3n) is 4.18. The Balaban J connectivity index is 1.57. The minimum absolute atomic E-state index is 0.0475. The molecule has 3 rings (SSSR count). The number of hydrogen-bond acceptors (Lipinski definition) is 6. The summed E-state index contributed by atoms with van der Waals surface area (Å²) in [6.07, 6.45) is 1.69. The van der Waals surface area contributed by atoms with Gasteiger partial charge in [0.25, 0.3) is 11.1 Å². The maximum absolute atomic E-state index is 13.2. The Morgan fingerprint density at radius 3 is 2.81 bits per heavy atom. The number of hydrogen-bond donors (Lipinski definition) is 1. The summed E-state index contributed by atoms with van der Waals surface area (Å²) in [6, 6.07) is 5.21. The average Bonchev–Trinajstić information content (AvgIpc) is 3.05. The number of carbonyl (C=O) groups excluding carboxylic acids is 3. The minimum Gasteiger partial charge on any atom is -0.352 e. The van der Waals surface area contributed by atoms with Crippen LogP contribution in [0.5, 0.6) is 0 Å². The van der Waals surface area contributed by atoms with Crippen LogP contribution in [0.4, 0.5) is 9.18 Å². The van der Waals surface area contributed by atoms with Gasteiger partial charge >= 0.3 is 0 Å². The lowest BCUT2D eigenvalue weighted by molar-refractivity contribution is -0.124. The fourth-order valence-corrected chi connectivity index (χ4v) is 5.40. The molecule has 2 fully saturated rings. The molecule has 2 heterocycles. The van der Waals surface area contributed by atoms with Crippen molar-refractivity contribution in [2.75, 3.05) is 18.1 Å². The summed E-state index contributed by atoms with van der Waals surface area (Å²) in [4.78, 5) is 37.5. The van der Waals surface area contributed by atoms with Gasteiger partial charge in [0.1, 0.15) is 5.82 Å². The van der Waals surface area contributed by atoms with Crippen molar-refractivity contribution in [3.05, 3.63) is 40.6 Å². The molecule has 2 aliphatic heterocycles. The van der Waals surface area contributed by atoms with Gasteiger partial charge in [-0.05, 0) is 42.0 Å². The summed E-state index contributed by atoms with van der Waals surface area (Å²) < 4.78 is 36.0. The molecule has 0 spiro atoms. The first-order valence-electron chi connectivity index (χ1n) is 8.24. The number of nitrogens with zero attached hydrogens (tertiary/aromatic N) is 1. The van der Waals surface area contributed by atoms with Gasteiger partial charge in [0, 0.05) is 19.0 Å². The second-order valence-corrected chi connectivity index (χ2v) is 9.53. The molecule has 2 saturated heterocycles. The molecule has 0 radical (unpaired) electrons. The zero-order chi connectivity index (χ0) is 19.6. The van der Waals surface area contributed by atoms with E-state index in [0.29, 0.717) is 12.0 Å². The van der Waals surface area contributed by atoms with Gasteiger partial charge in [-0.1, -0.05) is 12.1 Å². The highest BCUT2D eigenvalue weighted by molar-refractivity contribution is 8.18. The van der Waals surface area contributed by atoms with E-state index in [1.807, 2.05) is 0 Å². The van der Waals surface area contributed by atoms with Crippen LogP contribution < -0.4 is 5.32 Å². The Labute approximate surface area is 159 Å². The lowest BCUT2D eigenvalue weighted by Crippen LogP contribution is -2.38. The van der Waals surface area contributed by atoms with Crippen LogP contribution in [-0.4, -0.2) is 54.5 Å². The first-order valence-corrected chi connectivity index (χ1v) is 10.9. The van der Waals surface area contributed by atoms with Crippen molar-refractivity contribution in [1.82, 2.24) is 10.2 Å². The minimum atomic E-state index is -3.10.